The smallest absolute Gasteiger partial charge is 0.339 e. The summed E-state index contributed by atoms with van der Waals surface area (Å²) in [5.74, 6) is 0.603. The van der Waals surface area contributed by atoms with Gasteiger partial charge in [0.15, 0.2) is 0 Å². The number of β-amino-alcohol motifs (C(OH)–C–C–N with tert-alkyl or cyclic N) is 1. The fourth-order valence-electron chi connectivity index (χ4n) is 4.33. The minimum atomic E-state index is -0.592. The third kappa shape index (κ3) is 4.03. The van der Waals surface area contributed by atoms with E-state index in [2.05, 4.69) is 4.90 Å². The fraction of sp³-hybridized carbons (Fsp3) is 0.571. The molecule has 0 saturated carbocycles. The van der Waals surface area contributed by atoms with Gasteiger partial charge in [-0.3, -0.25) is 4.90 Å². The molecule has 146 valence electrons. The van der Waals surface area contributed by atoms with Gasteiger partial charge in [0, 0.05) is 36.7 Å². The van der Waals surface area contributed by atoms with E-state index in [1.807, 2.05) is 26.0 Å². The molecule has 0 unspecified atom stereocenters. The Hall–Kier alpha value is -1.89. The third-order valence-corrected chi connectivity index (χ3v) is 5.35. The molecule has 0 radical (unpaired) electrons. The number of hydrogen-bond acceptors (Lipinski definition) is 6. The summed E-state index contributed by atoms with van der Waals surface area (Å²) in [6.45, 7) is 6.46. The van der Waals surface area contributed by atoms with Crippen molar-refractivity contribution in [2.75, 3.05) is 26.2 Å². The number of aryl methyl sites for hydroxylation is 1. The van der Waals surface area contributed by atoms with E-state index in [-0.39, 0.29) is 24.4 Å². The Morgan fingerprint density at radius 2 is 1.96 bits per heavy atom. The highest BCUT2D eigenvalue weighted by molar-refractivity contribution is 5.83. The second kappa shape index (κ2) is 7.62. The highest BCUT2D eigenvalue weighted by Gasteiger charge is 2.24. The van der Waals surface area contributed by atoms with Crippen molar-refractivity contribution in [1.29, 1.82) is 0 Å². The number of ether oxygens (including phenoxy) is 2. The first-order valence-electron chi connectivity index (χ1n) is 9.77. The van der Waals surface area contributed by atoms with Gasteiger partial charge in [-0.1, -0.05) is 0 Å². The normalized spacial score (nSPS) is 24.1. The first-order chi connectivity index (χ1) is 13.0. The maximum absolute atomic E-state index is 12.1. The van der Waals surface area contributed by atoms with Crippen molar-refractivity contribution >= 4 is 11.0 Å². The summed E-state index contributed by atoms with van der Waals surface area (Å²) in [5, 5.41) is 11.3. The van der Waals surface area contributed by atoms with E-state index >= 15 is 0 Å². The van der Waals surface area contributed by atoms with Crippen LogP contribution in [0.3, 0.4) is 0 Å². The molecule has 1 saturated heterocycles. The molecular formula is C21H27NO5. The van der Waals surface area contributed by atoms with Crippen LogP contribution in [0.5, 0.6) is 5.75 Å². The molecule has 27 heavy (non-hydrogen) atoms. The Bertz CT molecular complexity index is 867. The highest BCUT2D eigenvalue weighted by Crippen LogP contribution is 2.29. The maximum atomic E-state index is 12.1. The Balaban J connectivity index is 1.40. The Morgan fingerprint density at radius 1 is 1.22 bits per heavy atom. The minimum Gasteiger partial charge on any atom is -0.491 e. The molecule has 1 aromatic carbocycles. The zero-order chi connectivity index (χ0) is 19.0. The quantitative estimate of drug-likeness (QED) is 0.810. The number of rotatable bonds is 5. The molecule has 3 atom stereocenters. The lowest BCUT2D eigenvalue weighted by Gasteiger charge is -2.36. The van der Waals surface area contributed by atoms with Crippen molar-refractivity contribution in [3.05, 3.63) is 39.7 Å². The summed E-state index contributed by atoms with van der Waals surface area (Å²) in [6, 6.07) is 5.59. The van der Waals surface area contributed by atoms with Crippen LogP contribution in [0.1, 0.15) is 31.4 Å². The van der Waals surface area contributed by atoms with E-state index in [0.29, 0.717) is 17.9 Å². The predicted molar refractivity (Wildman–Crippen MR) is 102 cm³/mol. The second-order valence-electron chi connectivity index (χ2n) is 7.80. The standard InChI is InChI=1S/C21H27NO5/c1-13-9-22(10-14(2)26-13)11-15(23)12-25-16-6-7-18-17-4-3-5-19(17)21(24)27-20(18)8-16/h6-8,13-15,23H,3-5,9-12H2,1-2H3/t13-,14+,15-/m0/s1. The number of fused-ring (bicyclic) bond motifs is 3. The van der Waals surface area contributed by atoms with Gasteiger partial charge in [-0.05, 0) is 50.8 Å². The van der Waals surface area contributed by atoms with Gasteiger partial charge < -0.3 is 19.0 Å². The maximum Gasteiger partial charge on any atom is 0.339 e. The van der Waals surface area contributed by atoms with Crippen LogP contribution in [-0.2, 0) is 17.6 Å². The van der Waals surface area contributed by atoms with Crippen molar-refractivity contribution in [2.24, 2.45) is 0 Å². The third-order valence-electron chi connectivity index (χ3n) is 5.35. The van der Waals surface area contributed by atoms with Crippen molar-refractivity contribution in [3.8, 4) is 5.75 Å². The molecule has 0 amide bonds. The van der Waals surface area contributed by atoms with E-state index < -0.39 is 6.10 Å². The Kier molecular flexibility index (Phi) is 5.21. The molecule has 1 aliphatic heterocycles. The average Bonchev–Trinajstić information content (AvgIpc) is 3.09. The van der Waals surface area contributed by atoms with Crippen LogP contribution in [0.4, 0.5) is 0 Å². The minimum absolute atomic E-state index is 0.173. The SMILES string of the molecule is C[C@@H]1CN(C[C@H](O)COc2ccc3c4c(c(=O)oc3c2)CCC4)C[C@H](C)O1. The van der Waals surface area contributed by atoms with Gasteiger partial charge in [0.05, 0.1) is 12.2 Å². The summed E-state index contributed by atoms with van der Waals surface area (Å²) in [5.41, 5.74) is 2.26. The number of nitrogens with zero attached hydrogens (tertiary/aromatic N) is 1. The first kappa shape index (κ1) is 18.5. The van der Waals surface area contributed by atoms with Crippen LogP contribution in [-0.4, -0.2) is 54.6 Å². The predicted octanol–water partition coefficient (Wildman–Crippen LogP) is 2.13. The molecule has 2 aliphatic rings. The summed E-state index contributed by atoms with van der Waals surface area (Å²) < 4.78 is 17.0. The number of hydrogen-bond donors (Lipinski definition) is 1. The monoisotopic (exact) mass is 373 g/mol. The molecular weight excluding hydrogens is 346 g/mol. The van der Waals surface area contributed by atoms with E-state index in [1.165, 1.54) is 0 Å². The molecule has 1 fully saturated rings. The molecule has 6 nitrogen and oxygen atoms in total. The van der Waals surface area contributed by atoms with Crippen LogP contribution < -0.4 is 10.4 Å². The second-order valence-corrected chi connectivity index (χ2v) is 7.80. The number of morpholine rings is 1. The van der Waals surface area contributed by atoms with Gasteiger partial charge in [0.25, 0.3) is 0 Å². The van der Waals surface area contributed by atoms with Crippen molar-refractivity contribution < 1.29 is 19.0 Å². The van der Waals surface area contributed by atoms with Gasteiger partial charge in [-0.25, -0.2) is 4.79 Å². The molecule has 0 spiro atoms. The van der Waals surface area contributed by atoms with E-state index in [9.17, 15) is 9.90 Å². The largest absolute Gasteiger partial charge is 0.491 e. The Labute approximate surface area is 158 Å². The molecule has 0 bridgehead atoms. The molecule has 2 heterocycles. The molecule has 6 heteroatoms. The molecule has 4 rings (SSSR count). The number of aliphatic hydroxyl groups is 1. The van der Waals surface area contributed by atoms with Gasteiger partial charge in [0.2, 0.25) is 0 Å². The molecule has 1 aromatic heterocycles. The lowest BCUT2D eigenvalue weighted by Crippen LogP contribution is -2.48. The van der Waals surface area contributed by atoms with Crippen molar-refractivity contribution in [3.63, 3.8) is 0 Å². The summed E-state index contributed by atoms with van der Waals surface area (Å²) >= 11 is 0. The van der Waals surface area contributed by atoms with E-state index in [1.54, 1.807) is 6.07 Å². The zero-order valence-electron chi connectivity index (χ0n) is 15.9. The number of benzene rings is 1. The van der Waals surface area contributed by atoms with Crippen molar-refractivity contribution in [1.82, 2.24) is 4.90 Å². The fourth-order valence-corrected chi connectivity index (χ4v) is 4.33. The van der Waals surface area contributed by atoms with Gasteiger partial charge >= 0.3 is 5.63 Å². The topological polar surface area (TPSA) is 72.1 Å². The van der Waals surface area contributed by atoms with Crippen LogP contribution in [0.2, 0.25) is 0 Å². The van der Waals surface area contributed by atoms with E-state index in [4.69, 9.17) is 13.9 Å². The highest BCUT2D eigenvalue weighted by atomic mass is 16.5. The van der Waals surface area contributed by atoms with Crippen LogP contribution in [0, 0.1) is 0 Å². The van der Waals surface area contributed by atoms with Crippen LogP contribution >= 0.6 is 0 Å². The summed E-state index contributed by atoms with van der Waals surface area (Å²) in [6.07, 6.45) is 2.48. The van der Waals surface area contributed by atoms with Crippen LogP contribution in [0.15, 0.2) is 27.4 Å². The average molecular weight is 373 g/mol. The Morgan fingerprint density at radius 3 is 2.74 bits per heavy atom. The van der Waals surface area contributed by atoms with Crippen LogP contribution in [0.25, 0.3) is 11.0 Å². The van der Waals surface area contributed by atoms with Gasteiger partial charge in [-0.2, -0.15) is 0 Å². The van der Waals surface area contributed by atoms with Crippen molar-refractivity contribution in [2.45, 2.75) is 51.4 Å². The van der Waals surface area contributed by atoms with Gasteiger partial charge in [-0.15, -0.1) is 0 Å². The number of aliphatic hydroxyl groups excluding tert-OH is 1. The lowest BCUT2D eigenvalue weighted by molar-refractivity contribution is -0.0786. The first-order valence-corrected chi connectivity index (χ1v) is 9.77. The lowest BCUT2D eigenvalue weighted by atomic mass is 10.1. The summed E-state index contributed by atoms with van der Waals surface area (Å²) in [4.78, 5) is 14.3. The molecule has 1 aliphatic carbocycles. The van der Waals surface area contributed by atoms with E-state index in [0.717, 1.165) is 48.9 Å². The van der Waals surface area contributed by atoms with Gasteiger partial charge in [0.1, 0.15) is 24.0 Å². The zero-order valence-corrected chi connectivity index (χ0v) is 15.9. The molecule has 1 N–H and O–H groups in total. The summed E-state index contributed by atoms with van der Waals surface area (Å²) in [7, 11) is 0. The molecule has 2 aromatic rings.